The summed E-state index contributed by atoms with van der Waals surface area (Å²) in [7, 11) is 3.57. The molecule has 2 N–H and O–H groups in total. The highest BCUT2D eigenvalue weighted by Crippen LogP contribution is 2.38. The maximum Gasteiger partial charge on any atom is 0.247 e. The number of aryl methyl sites for hydroxylation is 1. The van der Waals surface area contributed by atoms with Gasteiger partial charge in [-0.3, -0.25) is 4.79 Å². The van der Waals surface area contributed by atoms with Gasteiger partial charge in [-0.05, 0) is 31.2 Å². The first-order valence-electron chi connectivity index (χ1n) is 10.5. The second kappa shape index (κ2) is 9.44. The summed E-state index contributed by atoms with van der Waals surface area (Å²) >= 11 is 0. The number of carbonyl (C=O) groups is 1. The highest BCUT2D eigenvalue weighted by atomic mass is 16.5. The summed E-state index contributed by atoms with van der Waals surface area (Å²) in [5.74, 6) is 1.06. The van der Waals surface area contributed by atoms with Crippen LogP contribution in [0.5, 0.6) is 11.5 Å². The van der Waals surface area contributed by atoms with Crippen LogP contribution in [0.25, 0.3) is 22.2 Å². The normalized spacial score (nSPS) is 10.6. The quantitative estimate of drug-likeness (QED) is 0.376. The van der Waals surface area contributed by atoms with E-state index in [4.69, 9.17) is 14.5 Å². The number of ether oxygens (including phenoxy) is 2. The van der Waals surface area contributed by atoms with Gasteiger partial charge in [0.1, 0.15) is 11.5 Å². The molecular weight excluding hydrogens is 418 g/mol. The van der Waals surface area contributed by atoms with E-state index in [1.165, 1.54) is 6.08 Å². The molecule has 0 saturated carbocycles. The van der Waals surface area contributed by atoms with Crippen LogP contribution in [0.2, 0.25) is 0 Å². The Morgan fingerprint density at radius 3 is 2.76 bits per heavy atom. The number of hydrogen-bond donors (Lipinski definition) is 2. The zero-order chi connectivity index (χ0) is 23.4. The highest BCUT2D eigenvalue weighted by molar-refractivity contribution is 6.00. The van der Waals surface area contributed by atoms with Gasteiger partial charge in [0.15, 0.2) is 0 Å². The van der Waals surface area contributed by atoms with Crippen LogP contribution in [0.4, 0.5) is 17.3 Å². The minimum Gasteiger partial charge on any atom is -0.494 e. The van der Waals surface area contributed by atoms with E-state index in [0.717, 1.165) is 22.2 Å². The maximum absolute atomic E-state index is 11.9. The molecule has 2 heterocycles. The average molecular weight is 444 g/mol. The van der Waals surface area contributed by atoms with Gasteiger partial charge in [-0.2, -0.15) is 0 Å². The molecule has 4 rings (SSSR count). The predicted octanol–water partition coefficient (Wildman–Crippen LogP) is 4.91. The molecule has 0 aliphatic carbocycles. The number of nitrogens with one attached hydrogen (secondary N) is 2. The van der Waals surface area contributed by atoms with E-state index >= 15 is 0 Å². The first-order valence-corrected chi connectivity index (χ1v) is 10.5. The smallest absolute Gasteiger partial charge is 0.247 e. The minimum absolute atomic E-state index is 0.346. The van der Waals surface area contributed by atoms with Crippen molar-refractivity contribution in [2.24, 2.45) is 7.05 Å². The topological polar surface area (TPSA) is 90.3 Å². The molecule has 8 nitrogen and oxygen atoms in total. The second-order valence-electron chi connectivity index (χ2n) is 7.24. The zero-order valence-electron chi connectivity index (χ0n) is 18.8. The van der Waals surface area contributed by atoms with E-state index in [0.29, 0.717) is 35.4 Å². The first-order chi connectivity index (χ1) is 16.0. The van der Waals surface area contributed by atoms with E-state index in [1.54, 1.807) is 25.4 Å². The van der Waals surface area contributed by atoms with Gasteiger partial charge in [-0.1, -0.05) is 24.8 Å². The van der Waals surface area contributed by atoms with Crippen molar-refractivity contribution in [3.8, 4) is 22.8 Å². The lowest BCUT2D eigenvalue weighted by atomic mass is 10.1. The van der Waals surface area contributed by atoms with Crippen molar-refractivity contribution in [1.29, 1.82) is 0 Å². The van der Waals surface area contributed by atoms with Crippen molar-refractivity contribution >= 4 is 34.1 Å². The van der Waals surface area contributed by atoms with Crippen LogP contribution in [0.1, 0.15) is 6.92 Å². The van der Waals surface area contributed by atoms with Crippen LogP contribution in [-0.4, -0.2) is 34.2 Å². The van der Waals surface area contributed by atoms with Crippen LogP contribution in [0.15, 0.2) is 67.5 Å². The maximum atomic E-state index is 11.9. The summed E-state index contributed by atoms with van der Waals surface area (Å²) in [6, 6.07) is 13.5. The Kier molecular flexibility index (Phi) is 6.26. The van der Waals surface area contributed by atoms with Crippen molar-refractivity contribution in [1.82, 2.24) is 14.5 Å². The Morgan fingerprint density at radius 1 is 1.18 bits per heavy atom. The van der Waals surface area contributed by atoms with Crippen molar-refractivity contribution in [2.75, 3.05) is 24.4 Å². The monoisotopic (exact) mass is 443 g/mol. The molecule has 168 valence electrons. The Hall–Kier alpha value is -4.33. The Bertz CT molecular complexity index is 1330. The molecule has 0 radical (unpaired) electrons. The van der Waals surface area contributed by atoms with Crippen LogP contribution in [-0.2, 0) is 11.8 Å². The number of hydrogen-bond acceptors (Lipinski definition) is 6. The molecule has 0 aliphatic rings. The van der Waals surface area contributed by atoms with E-state index in [1.807, 2.05) is 32.2 Å². The molecule has 33 heavy (non-hydrogen) atoms. The minimum atomic E-state index is -0.346. The number of fused-ring (bicyclic) bond motifs is 1. The summed E-state index contributed by atoms with van der Waals surface area (Å²) in [4.78, 5) is 21.0. The van der Waals surface area contributed by atoms with E-state index in [2.05, 4.69) is 45.1 Å². The first kappa shape index (κ1) is 21.9. The van der Waals surface area contributed by atoms with E-state index in [9.17, 15) is 4.79 Å². The Balaban J connectivity index is 1.72. The van der Waals surface area contributed by atoms with Gasteiger partial charge in [-0.15, -0.1) is 0 Å². The van der Waals surface area contributed by atoms with Gasteiger partial charge in [0.2, 0.25) is 11.9 Å². The third-order valence-corrected chi connectivity index (χ3v) is 5.12. The van der Waals surface area contributed by atoms with Gasteiger partial charge in [-0.25, -0.2) is 9.97 Å². The molecule has 2 aromatic heterocycles. The van der Waals surface area contributed by atoms with Crippen LogP contribution < -0.4 is 20.1 Å². The molecule has 0 bridgehead atoms. The highest BCUT2D eigenvalue weighted by Gasteiger charge is 2.15. The summed E-state index contributed by atoms with van der Waals surface area (Å²) in [6.45, 7) is 5.80. The number of nitrogens with zero attached hydrogens (tertiary/aromatic N) is 3. The molecule has 2 aromatic carbocycles. The van der Waals surface area contributed by atoms with E-state index in [-0.39, 0.29) is 5.91 Å². The Morgan fingerprint density at radius 2 is 2.00 bits per heavy atom. The number of aromatic nitrogens is 3. The molecule has 0 atom stereocenters. The fourth-order valence-corrected chi connectivity index (χ4v) is 3.62. The summed E-state index contributed by atoms with van der Waals surface area (Å²) in [6.07, 6.45) is 4.95. The van der Waals surface area contributed by atoms with Crippen molar-refractivity contribution < 1.29 is 14.3 Å². The van der Waals surface area contributed by atoms with Gasteiger partial charge < -0.3 is 24.7 Å². The Labute approximate surface area is 191 Å². The van der Waals surface area contributed by atoms with Crippen molar-refractivity contribution in [3.05, 3.63) is 67.5 Å². The van der Waals surface area contributed by atoms with Gasteiger partial charge >= 0.3 is 0 Å². The molecule has 0 saturated heterocycles. The summed E-state index contributed by atoms with van der Waals surface area (Å²) in [5, 5.41) is 7.07. The average Bonchev–Trinajstić information content (AvgIpc) is 3.17. The number of carbonyl (C=O) groups excluding carboxylic acids is 1. The van der Waals surface area contributed by atoms with Crippen LogP contribution >= 0.6 is 0 Å². The molecule has 0 unspecified atom stereocenters. The predicted molar refractivity (Wildman–Crippen MR) is 130 cm³/mol. The van der Waals surface area contributed by atoms with Crippen LogP contribution in [0.3, 0.4) is 0 Å². The zero-order valence-corrected chi connectivity index (χ0v) is 18.8. The molecular formula is C25H25N5O3. The summed E-state index contributed by atoms with van der Waals surface area (Å²) in [5.41, 5.74) is 3.98. The standard InChI is InChI=1S/C25H25N5O3/c1-5-24(31)27-20-13-19(22(32-4)14-23(20)33-6-2)29-25-26-12-11-18(28-25)17-15-30(3)21-10-8-7-9-16(17)21/h5,7-15H,1,6H2,2-4H3,(H,27,31)(H,26,28,29). The molecule has 0 fully saturated rings. The summed E-state index contributed by atoms with van der Waals surface area (Å²) < 4.78 is 13.3. The van der Waals surface area contributed by atoms with Gasteiger partial charge in [0.05, 0.1) is 30.8 Å². The third-order valence-electron chi connectivity index (χ3n) is 5.12. The van der Waals surface area contributed by atoms with Crippen LogP contribution in [0, 0.1) is 0 Å². The van der Waals surface area contributed by atoms with Crippen molar-refractivity contribution in [2.45, 2.75) is 6.92 Å². The lowest BCUT2D eigenvalue weighted by Crippen LogP contribution is -2.10. The number of benzene rings is 2. The second-order valence-corrected chi connectivity index (χ2v) is 7.24. The van der Waals surface area contributed by atoms with E-state index < -0.39 is 0 Å². The van der Waals surface area contributed by atoms with Gasteiger partial charge in [0.25, 0.3) is 0 Å². The third kappa shape index (κ3) is 4.50. The van der Waals surface area contributed by atoms with Gasteiger partial charge in [0, 0.05) is 42.0 Å². The molecule has 0 spiro atoms. The number of anilines is 3. The molecule has 1 amide bonds. The molecule has 4 aromatic rings. The number of rotatable bonds is 8. The lowest BCUT2D eigenvalue weighted by Gasteiger charge is -2.16. The number of para-hydroxylation sites is 1. The number of amides is 1. The number of methoxy groups -OCH3 is 1. The fraction of sp³-hybridized carbons (Fsp3) is 0.160. The molecule has 8 heteroatoms. The van der Waals surface area contributed by atoms with Crippen molar-refractivity contribution in [3.63, 3.8) is 0 Å². The SMILES string of the molecule is C=CC(=O)Nc1cc(Nc2nccc(-c3cn(C)c4ccccc34)n2)c(OC)cc1OCC. The lowest BCUT2D eigenvalue weighted by molar-refractivity contribution is -0.111. The molecule has 0 aliphatic heterocycles. The fourth-order valence-electron chi connectivity index (χ4n) is 3.62. The largest absolute Gasteiger partial charge is 0.494 e.